The van der Waals surface area contributed by atoms with E-state index < -0.39 is 0 Å². The molecule has 5 heteroatoms. The fourth-order valence-electron chi connectivity index (χ4n) is 4.64. The average molecular weight is 507 g/mol. The zero-order chi connectivity index (χ0) is 27.8. The first kappa shape index (κ1) is 31.9. The number of fused-ring (bicyclic) bond motifs is 2. The van der Waals surface area contributed by atoms with E-state index in [-0.39, 0.29) is 5.54 Å². The Hall–Kier alpha value is -3.08. The molecule has 0 aliphatic heterocycles. The second-order valence-electron chi connectivity index (χ2n) is 8.99. The van der Waals surface area contributed by atoms with E-state index in [4.69, 9.17) is 5.73 Å². The number of nitrogens with two attached hydrogens (primary N) is 1. The van der Waals surface area contributed by atoms with E-state index in [1.807, 2.05) is 41.5 Å². The van der Waals surface area contributed by atoms with E-state index in [1.54, 1.807) is 7.05 Å². The van der Waals surface area contributed by atoms with Crippen molar-refractivity contribution in [3.8, 4) is 0 Å². The van der Waals surface area contributed by atoms with E-state index >= 15 is 0 Å². The Morgan fingerprint density at radius 3 is 2.22 bits per heavy atom. The Kier molecular flexibility index (Phi) is 14.4. The van der Waals surface area contributed by atoms with Crippen LogP contribution in [0.2, 0.25) is 0 Å². The van der Waals surface area contributed by atoms with Crippen LogP contribution in [0.3, 0.4) is 0 Å². The molecule has 4 N–H and O–H groups in total. The van der Waals surface area contributed by atoms with Crippen LogP contribution in [0.4, 0.5) is 0 Å². The molecule has 2 aromatic rings. The first-order chi connectivity index (χ1) is 17.9. The third kappa shape index (κ3) is 8.77. The van der Waals surface area contributed by atoms with Crippen LogP contribution in [-0.2, 0) is 24.1 Å². The van der Waals surface area contributed by atoms with Crippen molar-refractivity contribution in [2.75, 3.05) is 7.05 Å². The van der Waals surface area contributed by atoms with Gasteiger partial charge in [-0.2, -0.15) is 0 Å². The summed E-state index contributed by atoms with van der Waals surface area (Å²) in [4.78, 5) is 14.3. The molecule has 2 aliphatic carbocycles. The van der Waals surface area contributed by atoms with Gasteiger partial charge in [0.1, 0.15) is 6.29 Å². The number of rotatable bonds is 8. The molecule has 2 aliphatic rings. The van der Waals surface area contributed by atoms with Gasteiger partial charge in [-0.05, 0) is 72.4 Å². The number of benzene rings is 2. The molecular weight excluding hydrogens is 456 g/mol. The van der Waals surface area contributed by atoms with E-state index in [2.05, 4.69) is 64.7 Å². The van der Waals surface area contributed by atoms with E-state index in [0.29, 0.717) is 18.4 Å². The summed E-state index contributed by atoms with van der Waals surface area (Å²) in [5.74, 6) is 0.394. The lowest BCUT2D eigenvalue weighted by Gasteiger charge is -2.31. The van der Waals surface area contributed by atoms with Crippen molar-refractivity contribution in [2.24, 2.45) is 10.7 Å². The summed E-state index contributed by atoms with van der Waals surface area (Å²) in [7, 11) is 1.62. The zero-order valence-electron chi connectivity index (χ0n) is 24.3. The molecule has 1 unspecified atom stereocenters. The molecule has 0 aromatic heterocycles. The van der Waals surface area contributed by atoms with E-state index in [0.717, 1.165) is 24.8 Å². The highest BCUT2D eigenvalue weighted by molar-refractivity contribution is 5.79. The lowest BCUT2D eigenvalue weighted by atomic mass is 9.87. The molecule has 0 fully saturated rings. The second kappa shape index (κ2) is 16.6. The Morgan fingerprint density at radius 2 is 1.68 bits per heavy atom. The molecule has 204 valence electrons. The summed E-state index contributed by atoms with van der Waals surface area (Å²) in [5.41, 5.74) is 13.6. The first-order valence-electron chi connectivity index (χ1n) is 14.0. The van der Waals surface area contributed by atoms with Crippen LogP contribution in [0, 0.1) is 0 Å². The van der Waals surface area contributed by atoms with Crippen LogP contribution >= 0.6 is 0 Å². The lowest BCUT2D eigenvalue weighted by molar-refractivity contribution is -0.109. The number of hydrogen-bond acceptors (Lipinski definition) is 3. The van der Waals surface area contributed by atoms with Crippen LogP contribution in [0.5, 0.6) is 0 Å². The molecular formula is C32H50N4O. The molecule has 1 atom stereocenters. The summed E-state index contributed by atoms with van der Waals surface area (Å²) in [5, 5.41) is 6.70. The van der Waals surface area contributed by atoms with Gasteiger partial charge < -0.3 is 21.2 Å². The molecule has 37 heavy (non-hydrogen) atoms. The summed E-state index contributed by atoms with van der Waals surface area (Å²) in [6, 6.07) is 15.9. The molecule has 0 saturated heterocycles. The fourth-order valence-corrected chi connectivity index (χ4v) is 4.64. The Morgan fingerprint density at radius 1 is 1.03 bits per heavy atom. The minimum Gasteiger partial charge on any atom is -0.378 e. The van der Waals surface area contributed by atoms with Gasteiger partial charge in [0, 0.05) is 24.7 Å². The minimum atomic E-state index is -0.217. The van der Waals surface area contributed by atoms with Gasteiger partial charge in [-0.15, -0.1) is 0 Å². The molecule has 0 radical (unpaired) electrons. The normalized spacial score (nSPS) is 15.0. The van der Waals surface area contributed by atoms with Crippen LogP contribution < -0.4 is 16.4 Å². The Labute approximate surface area is 226 Å². The predicted molar refractivity (Wildman–Crippen MR) is 161 cm³/mol. The molecule has 0 heterocycles. The smallest absolute Gasteiger partial charge is 0.188 e. The maximum absolute atomic E-state index is 10.5. The van der Waals surface area contributed by atoms with Gasteiger partial charge in [0.2, 0.25) is 0 Å². The average Bonchev–Trinajstić information content (AvgIpc) is 3.34. The van der Waals surface area contributed by atoms with Gasteiger partial charge >= 0.3 is 0 Å². The number of nitrogens with one attached hydrogen (secondary N) is 2. The van der Waals surface area contributed by atoms with Crippen molar-refractivity contribution in [3.05, 3.63) is 76.9 Å². The standard InChI is InChI=1S/C19H19N.C9H19N3O.2C2H6/c1-13(16-8-6-14-7-9-17(14)12-16)20-19-11-10-15-4-2-3-5-18(15)19;1-4-9(5-2,6-7-13)12-8(10)11-3;2*1-2/h2-6,8,12,19-20H,1,7,9-11H2;7H,4-6H2,1-3H3,(H3,10,11,12);2*1-2H3. The Bertz CT molecular complexity index is 1010. The first-order valence-corrected chi connectivity index (χ1v) is 14.0. The van der Waals surface area contributed by atoms with Gasteiger partial charge in [0.25, 0.3) is 0 Å². The van der Waals surface area contributed by atoms with Crippen molar-refractivity contribution in [1.29, 1.82) is 0 Å². The molecule has 0 spiro atoms. The fraction of sp³-hybridized carbons (Fsp3) is 0.500. The summed E-state index contributed by atoms with van der Waals surface area (Å²) in [6.45, 7) is 16.3. The number of carbonyl (C=O) groups excluding carboxylic acids is 1. The predicted octanol–water partition coefficient (Wildman–Crippen LogP) is 6.75. The van der Waals surface area contributed by atoms with Gasteiger partial charge in [0.05, 0.1) is 6.04 Å². The summed E-state index contributed by atoms with van der Waals surface area (Å²) < 4.78 is 0. The number of hydrogen-bond donors (Lipinski definition) is 3. The lowest BCUT2D eigenvalue weighted by Crippen LogP contribution is -2.50. The highest BCUT2D eigenvalue weighted by Gasteiger charge is 2.26. The number of carbonyl (C=O) groups is 1. The highest BCUT2D eigenvalue weighted by Crippen LogP contribution is 2.33. The van der Waals surface area contributed by atoms with Crippen molar-refractivity contribution < 1.29 is 4.79 Å². The van der Waals surface area contributed by atoms with Gasteiger partial charge in [-0.3, -0.25) is 4.99 Å². The highest BCUT2D eigenvalue weighted by atomic mass is 16.1. The van der Waals surface area contributed by atoms with Crippen LogP contribution in [-0.4, -0.2) is 24.8 Å². The minimum absolute atomic E-state index is 0.217. The molecule has 4 rings (SSSR count). The molecule has 0 bridgehead atoms. The van der Waals surface area contributed by atoms with Crippen LogP contribution in [0.15, 0.2) is 54.0 Å². The summed E-state index contributed by atoms with van der Waals surface area (Å²) in [6.07, 6.45) is 7.92. The number of aliphatic imine (C=N–C) groups is 1. The van der Waals surface area contributed by atoms with E-state index in [9.17, 15) is 4.79 Å². The molecule has 0 amide bonds. The Balaban J connectivity index is 0.000000353. The third-order valence-electron chi connectivity index (χ3n) is 7.16. The molecule has 5 nitrogen and oxygen atoms in total. The third-order valence-corrected chi connectivity index (χ3v) is 7.16. The van der Waals surface area contributed by atoms with Crippen LogP contribution in [0.25, 0.3) is 5.70 Å². The molecule has 2 aromatic carbocycles. The number of aldehydes is 1. The monoisotopic (exact) mass is 506 g/mol. The maximum Gasteiger partial charge on any atom is 0.188 e. The number of guanidine groups is 1. The summed E-state index contributed by atoms with van der Waals surface area (Å²) >= 11 is 0. The quantitative estimate of drug-likeness (QED) is 0.210. The molecule has 0 saturated carbocycles. The maximum atomic E-state index is 10.5. The topological polar surface area (TPSA) is 79.5 Å². The number of aryl methyl sites for hydroxylation is 3. The SMILES string of the molecule is C=C(NC1CCc2ccccc21)c1ccc2c(c1)CC2.CC.CC.CCC(CC)(CC=O)NC(N)=NC. The van der Waals surface area contributed by atoms with Crippen molar-refractivity contribution in [1.82, 2.24) is 10.6 Å². The van der Waals surface area contributed by atoms with Gasteiger partial charge in [0.15, 0.2) is 5.96 Å². The van der Waals surface area contributed by atoms with Crippen molar-refractivity contribution in [3.63, 3.8) is 0 Å². The van der Waals surface area contributed by atoms with Gasteiger partial charge in [-0.25, -0.2) is 0 Å². The second-order valence-corrected chi connectivity index (χ2v) is 8.99. The van der Waals surface area contributed by atoms with E-state index in [1.165, 1.54) is 53.5 Å². The van der Waals surface area contributed by atoms with Crippen LogP contribution in [0.1, 0.15) is 101 Å². The van der Waals surface area contributed by atoms with Gasteiger partial charge in [-0.1, -0.05) is 84.5 Å². The zero-order valence-corrected chi connectivity index (χ0v) is 24.3. The van der Waals surface area contributed by atoms with Crippen molar-refractivity contribution >= 4 is 17.9 Å². The largest absolute Gasteiger partial charge is 0.378 e. The van der Waals surface area contributed by atoms with Crippen molar-refractivity contribution in [2.45, 2.75) is 98.1 Å². The number of nitrogens with zero attached hydrogens (tertiary/aromatic N) is 1.